The zero-order chi connectivity index (χ0) is 15.5. The van der Waals surface area contributed by atoms with E-state index in [1.165, 1.54) is 0 Å². The highest BCUT2D eigenvalue weighted by Gasteiger charge is 2.33. The van der Waals surface area contributed by atoms with Crippen molar-refractivity contribution in [3.63, 3.8) is 0 Å². The molecular formula is C17H24N2O3. The molecule has 1 aromatic rings. The Labute approximate surface area is 131 Å². The first-order valence-corrected chi connectivity index (χ1v) is 7.95. The van der Waals surface area contributed by atoms with Gasteiger partial charge in [0, 0.05) is 44.4 Å². The SMILES string of the molecule is CN(C)c1cccc(C(=O)N2CCC[C@H](C3OCCO3)C2)c1. The maximum atomic E-state index is 12.8. The third-order valence-electron chi connectivity index (χ3n) is 4.39. The number of piperidine rings is 1. The average molecular weight is 304 g/mol. The third kappa shape index (κ3) is 3.25. The Bertz CT molecular complexity index is 526. The average Bonchev–Trinajstić information content (AvgIpc) is 3.09. The van der Waals surface area contributed by atoms with Crippen LogP contribution in [0.25, 0.3) is 0 Å². The molecule has 2 aliphatic rings. The summed E-state index contributed by atoms with van der Waals surface area (Å²) in [6.07, 6.45) is 1.93. The fourth-order valence-corrected chi connectivity index (χ4v) is 3.17. The largest absolute Gasteiger partial charge is 0.378 e. The minimum absolute atomic E-state index is 0.103. The second-order valence-electron chi connectivity index (χ2n) is 6.21. The second-order valence-corrected chi connectivity index (χ2v) is 6.21. The highest BCUT2D eigenvalue weighted by atomic mass is 16.7. The number of hydrogen-bond donors (Lipinski definition) is 0. The lowest BCUT2D eigenvalue weighted by Crippen LogP contribution is -2.43. The molecule has 1 amide bonds. The lowest BCUT2D eigenvalue weighted by Gasteiger charge is -2.34. The molecule has 0 spiro atoms. The summed E-state index contributed by atoms with van der Waals surface area (Å²) >= 11 is 0. The van der Waals surface area contributed by atoms with Crippen LogP contribution in [0.15, 0.2) is 24.3 Å². The topological polar surface area (TPSA) is 42.0 Å². The molecule has 1 aromatic carbocycles. The summed E-state index contributed by atoms with van der Waals surface area (Å²) in [6.45, 7) is 2.87. The van der Waals surface area contributed by atoms with Crippen molar-refractivity contribution in [3.05, 3.63) is 29.8 Å². The zero-order valence-corrected chi connectivity index (χ0v) is 13.3. The highest BCUT2D eigenvalue weighted by Crippen LogP contribution is 2.26. The number of carbonyl (C=O) groups is 1. The quantitative estimate of drug-likeness (QED) is 0.856. The Morgan fingerprint density at radius 2 is 2.05 bits per heavy atom. The Hall–Kier alpha value is -1.59. The lowest BCUT2D eigenvalue weighted by atomic mass is 9.96. The van der Waals surface area contributed by atoms with Gasteiger partial charge in [-0.2, -0.15) is 0 Å². The fourth-order valence-electron chi connectivity index (χ4n) is 3.17. The van der Waals surface area contributed by atoms with Gasteiger partial charge in [-0.25, -0.2) is 0 Å². The van der Waals surface area contributed by atoms with Gasteiger partial charge >= 0.3 is 0 Å². The van der Waals surface area contributed by atoms with Crippen molar-refractivity contribution >= 4 is 11.6 Å². The van der Waals surface area contributed by atoms with Crippen LogP contribution in [0.3, 0.4) is 0 Å². The summed E-state index contributed by atoms with van der Waals surface area (Å²) in [5.41, 5.74) is 1.79. The van der Waals surface area contributed by atoms with Crippen LogP contribution in [0.4, 0.5) is 5.69 Å². The predicted octanol–water partition coefficient (Wildman–Crippen LogP) is 1.98. The maximum Gasteiger partial charge on any atom is 0.253 e. The standard InChI is InChI=1S/C17H24N2O3/c1-18(2)15-7-3-5-13(11-15)16(20)19-8-4-6-14(12-19)17-21-9-10-22-17/h3,5,7,11,14,17H,4,6,8-10,12H2,1-2H3/t14-/m0/s1. The number of likely N-dealkylation sites (tertiary alicyclic amines) is 1. The molecule has 120 valence electrons. The molecule has 5 heteroatoms. The molecule has 0 bridgehead atoms. The van der Waals surface area contributed by atoms with Gasteiger partial charge < -0.3 is 19.3 Å². The fraction of sp³-hybridized carbons (Fsp3) is 0.588. The highest BCUT2D eigenvalue weighted by molar-refractivity contribution is 5.95. The van der Waals surface area contributed by atoms with Crippen LogP contribution in [0, 0.1) is 5.92 Å². The molecule has 0 saturated carbocycles. The van der Waals surface area contributed by atoms with Gasteiger partial charge in [-0.3, -0.25) is 4.79 Å². The van der Waals surface area contributed by atoms with Gasteiger partial charge in [0.1, 0.15) is 0 Å². The van der Waals surface area contributed by atoms with E-state index < -0.39 is 0 Å². The van der Waals surface area contributed by atoms with Crippen LogP contribution >= 0.6 is 0 Å². The zero-order valence-electron chi connectivity index (χ0n) is 13.3. The number of hydrogen-bond acceptors (Lipinski definition) is 4. The number of carbonyl (C=O) groups excluding carboxylic acids is 1. The van der Waals surface area contributed by atoms with E-state index in [1.54, 1.807) is 0 Å². The van der Waals surface area contributed by atoms with Gasteiger partial charge in [0.15, 0.2) is 6.29 Å². The van der Waals surface area contributed by atoms with Gasteiger partial charge in [0.2, 0.25) is 0 Å². The molecule has 5 nitrogen and oxygen atoms in total. The molecule has 0 aliphatic carbocycles. The van der Waals surface area contributed by atoms with Crippen molar-refractivity contribution in [2.24, 2.45) is 5.92 Å². The normalized spacial score (nSPS) is 22.8. The molecule has 2 aliphatic heterocycles. The number of amides is 1. The monoisotopic (exact) mass is 304 g/mol. The summed E-state index contributed by atoms with van der Waals surface area (Å²) in [6, 6.07) is 7.79. The van der Waals surface area contributed by atoms with Gasteiger partial charge in [0.25, 0.3) is 5.91 Å². The summed E-state index contributed by atoms with van der Waals surface area (Å²) in [5, 5.41) is 0. The molecule has 22 heavy (non-hydrogen) atoms. The van der Waals surface area contributed by atoms with Gasteiger partial charge in [0.05, 0.1) is 13.2 Å². The van der Waals surface area contributed by atoms with Crippen LogP contribution in [0.2, 0.25) is 0 Å². The Morgan fingerprint density at radius 1 is 1.27 bits per heavy atom. The third-order valence-corrected chi connectivity index (χ3v) is 4.39. The van der Waals surface area contributed by atoms with Crippen LogP contribution in [-0.2, 0) is 9.47 Å². The lowest BCUT2D eigenvalue weighted by molar-refractivity contribution is -0.0969. The predicted molar refractivity (Wildman–Crippen MR) is 85.1 cm³/mol. The van der Waals surface area contributed by atoms with Crippen LogP contribution in [0.1, 0.15) is 23.2 Å². The first-order chi connectivity index (χ1) is 10.6. The van der Waals surface area contributed by atoms with E-state index in [0.717, 1.165) is 37.2 Å². The Kier molecular flexibility index (Phi) is 4.64. The van der Waals surface area contributed by atoms with Crippen molar-refractivity contribution in [3.8, 4) is 0 Å². The second kappa shape index (κ2) is 6.67. The van der Waals surface area contributed by atoms with E-state index in [0.29, 0.717) is 13.2 Å². The van der Waals surface area contributed by atoms with E-state index in [-0.39, 0.29) is 18.1 Å². The van der Waals surface area contributed by atoms with Crippen molar-refractivity contribution in [1.29, 1.82) is 0 Å². The maximum absolute atomic E-state index is 12.8. The number of rotatable bonds is 3. The molecule has 0 unspecified atom stereocenters. The van der Waals surface area contributed by atoms with E-state index in [4.69, 9.17) is 9.47 Å². The van der Waals surface area contributed by atoms with Crippen molar-refractivity contribution < 1.29 is 14.3 Å². The Morgan fingerprint density at radius 3 is 2.77 bits per heavy atom. The van der Waals surface area contributed by atoms with E-state index in [2.05, 4.69) is 0 Å². The smallest absolute Gasteiger partial charge is 0.253 e. The first-order valence-electron chi connectivity index (χ1n) is 7.95. The van der Waals surface area contributed by atoms with Gasteiger partial charge in [-0.1, -0.05) is 6.07 Å². The molecule has 0 radical (unpaired) electrons. The molecule has 3 rings (SSSR count). The molecule has 2 fully saturated rings. The summed E-state index contributed by atoms with van der Waals surface area (Å²) in [5.74, 6) is 0.392. The van der Waals surface area contributed by atoms with Crippen molar-refractivity contribution in [2.75, 3.05) is 45.3 Å². The van der Waals surface area contributed by atoms with Crippen molar-refractivity contribution in [1.82, 2.24) is 4.90 Å². The van der Waals surface area contributed by atoms with Crippen molar-refractivity contribution in [2.45, 2.75) is 19.1 Å². The summed E-state index contributed by atoms with van der Waals surface area (Å²) in [7, 11) is 3.96. The van der Waals surface area contributed by atoms with Crippen LogP contribution in [-0.4, -0.2) is 57.5 Å². The molecular weight excluding hydrogens is 280 g/mol. The van der Waals surface area contributed by atoms with Gasteiger partial charge in [-0.15, -0.1) is 0 Å². The number of ether oxygens (including phenoxy) is 2. The Balaban J connectivity index is 1.69. The molecule has 1 atom stereocenters. The number of nitrogens with zero attached hydrogens (tertiary/aromatic N) is 2. The molecule has 2 heterocycles. The van der Waals surface area contributed by atoms with E-state index in [1.807, 2.05) is 48.2 Å². The molecule has 2 saturated heterocycles. The van der Waals surface area contributed by atoms with E-state index >= 15 is 0 Å². The summed E-state index contributed by atoms with van der Waals surface area (Å²) < 4.78 is 11.2. The summed E-state index contributed by atoms with van der Waals surface area (Å²) in [4.78, 5) is 16.7. The molecule has 0 aromatic heterocycles. The molecule has 0 N–H and O–H groups in total. The number of anilines is 1. The van der Waals surface area contributed by atoms with E-state index in [9.17, 15) is 4.79 Å². The van der Waals surface area contributed by atoms with Crippen LogP contribution in [0.5, 0.6) is 0 Å². The number of benzene rings is 1. The minimum atomic E-state index is -0.135. The minimum Gasteiger partial charge on any atom is -0.378 e. The van der Waals surface area contributed by atoms with Crippen LogP contribution < -0.4 is 4.90 Å². The first kappa shape index (κ1) is 15.3. The van der Waals surface area contributed by atoms with Gasteiger partial charge in [-0.05, 0) is 31.0 Å².